The lowest BCUT2D eigenvalue weighted by Gasteiger charge is -2.62. The van der Waals surface area contributed by atoms with E-state index in [1.54, 1.807) is 0 Å². The molecular weight excluding hydrogens is 608 g/mol. The van der Waals surface area contributed by atoms with Crippen LogP contribution < -0.4 is 5.32 Å². The van der Waals surface area contributed by atoms with Crippen molar-refractivity contribution in [1.29, 1.82) is 0 Å². The van der Waals surface area contributed by atoms with Crippen molar-refractivity contribution in [3.05, 3.63) is 52.3 Å². The minimum Gasteiger partial charge on any atom is -0.393 e. The lowest BCUT2D eigenvalue weighted by molar-refractivity contribution is -0.174. The van der Waals surface area contributed by atoms with Crippen molar-refractivity contribution < 1.29 is 15.0 Å². The highest BCUT2D eigenvalue weighted by Crippen LogP contribution is 2.68. The first-order valence-electron chi connectivity index (χ1n) is 18.5. The Balaban J connectivity index is 0.915. The first-order chi connectivity index (χ1) is 22.5. The molecule has 7 nitrogen and oxygen atoms in total. The van der Waals surface area contributed by atoms with Gasteiger partial charge in [-0.05, 0) is 128 Å². The van der Waals surface area contributed by atoms with Crippen LogP contribution in [0.1, 0.15) is 102 Å². The van der Waals surface area contributed by atoms with E-state index in [1.165, 1.54) is 31.2 Å². The average molecular weight is 663 g/mol. The molecule has 7 rings (SSSR count). The molecule has 5 aliphatic rings. The Morgan fingerprint density at radius 3 is 2.64 bits per heavy atom. The molecule has 1 aromatic heterocycles. The molecule has 3 N–H and O–H groups in total. The number of aliphatic hydroxyl groups excluding tert-OH is 2. The summed E-state index contributed by atoms with van der Waals surface area (Å²) < 4.78 is 0. The van der Waals surface area contributed by atoms with Gasteiger partial charge in [-0.15, -0.1) is 0 Å². The van der Waals surface area contributed by atoms with Crippen LogP contribution in [0.2, 0.25) is 5.02 Å². The smallest absolute Gasteiger partial charge is 0.222 e. The lowest BCUT2D eigenvalue weighted by atomic mass is 9.43. The van der Waals surface area contributed by atoms with Gasteiger partial charge in [0.2, 0.25) is 11.9 Å². The van der Waals surface area contributed by atoms with E-state index in [2.05, 4.69) is 31.1 Å². The number of halogens is 1. The van der Waals surface area contributed by atoms with Gasteiger partial charge in [-0.2, -0.15) is 0 Å². The van der Waals surface area contributed by atoms with Crippen LogP contribution in [-0.2, 0) is 24.2 Å². The SMILES string of the molecule is C[C@H](CCC(=O)N1CCc2nc(NCCc3ccc(Cl)cc3)ncc2C1)[C@H]1CC[C@H]2[C@@H]3[C@@H](O)C[C@@H]4C[C@H](O)CC[C@]4(C)[C@H]3CC[C@]12C. The largest absolute Gasteiger partial charge is 0.393 e. The van der Waals surface area contributed by atoms with Crippen molar-refractivity contribution in [1.82, 2.24) is 14.9 Å². The second-order valence-corrected chi connectivity index (χ2v) is 16.9. The molecule has 256 valence electrons. The number of hydrogen-bond donors (Lipinski definition) is 3. The van der Waals surface area contributed by atoms with Gasteiger partial charge in [-0.1, -0.05) is 44.5 Å². The summed E-state index contributed by atoms with van der Waals surface area (Å²) in [6.07, 6.45) is 13.2. The van der Waals surface area contributed by atoms with Gasteiger partial charge >= 0.3 is 0 Å². The van der Waals surface area contributed by atoms with Gasteiger partial charge in [0.05, 0.1) is 17.9 Å². The number of nitrogens with zero attached hydrogens (tertiary/aromatic N) is 3. The Morgan fingerprint density at radius 2 is 1.83 bits per heavy atom. The number of benzene rings is 1. The van der Waals surface area contributed by atoms with Gasteiger partial charge in [0.1, 0.15) is 0 Å². The Kier molecular flexibility index (Phi) is 9.38. The van der Waals surface area contributed by atoms with Gasteiger partial charge in [0.15, 0.2) is 0 Å². The lowest BCUT2D eigenvalue weighted by Crippen LogP contribution is -2.58. The number of aliphatic hydroxyl groups is 2. The maximum atomic E-state index is 13.5. The van der Waals surface area contributed by atoms with E-state index in [1.807, 2.05) is 35.4 Å². The Hall–Kier alpha value is -2.22. The van der Waals surface area contributed by atoms with Crippen molar-refractivity contribution in [3.8, 4) is 0 Å². The van der Waals surface area contributed by atoms with E-state index in [0.29, 0.717) is 61.0 Å². The number of carbonyl (C=O) groups excluding carboxylic acids is 1. The fourth-order valence-electron chi connectivity index (χ4n) is 11.5. The number of anilines is 1. The van der Waals surface area contributed by atoms with Gasteiger partial charge in [0, 0.05) is 49.3 Å². The minimum atomic E-state index is -0.240. The summed E-state index contributed by atoms with van der Waals surface area (Å²) in [6.45, 7) is 9.45. The Bertz CT molecular complexity index is 1440. The number of rotatable bonds is 8. The summed E-state index contributed by atoms with van der Waals surface area (Å²) in [4.78, 5) is 24.8. The molecule has 10 atom stereocenters. The number of fused-ring (bicyclic) bond motifs is 6. The van der Waals surface area contributed by atoms with Crippen molar-refractivity contribution in [2.24, 2.45) is 46.3 Å². The summed E-state index contributed by atoms with van der Waals surface area (Å²) >= 11 is 6.00. The van der Waals surface area contributed by atoms with Gasteiger partial charge in [-0.25, -0.2) is 9.97 Å². The molecular formula is C39H55ClN4O3. The van der Waals surface area contributed by atoms with E-state index in [9.17, 15) is 15.0 Å². The molecule has 0 unspecified atom stereocenters. The Morgan fingerprint density at radius 1 is 1.06 bits per heavy atom. The molecule has 1 aromatic carbocycles. The number of hydrogen-bond acceptors (Lipinski definition) is 6. The zero-order valence-corrected chi connectivity index (χ0v) is 29.4. The van der Waals surface area contributed by atoms with Crippen LogP contribution in [0.4, 0.5) is 5.95 Å². The molecule has 47 heavy (non-hydrogen) atoms. The van der Waals surface area contributed by atoms with Crippen LogP contribution in [0, 0.1) is 46.3 Å². The Labute approximate surface area is 286 Å². The first-order valence-corrected chi connectivity index (χ1v) is 18.9. The molecule has 4 fully saturated rings. The topological polar surface area (TPSA) is 98.6 Å². The maximum absolute atomic E-state index is 13.5. The zero-order valence-electron chi connectivity index (χ0n) is 28.6. The normalized spacial score (nSPS) is 36.9. The molecule has 2 heterocycles. The molecule has 0 spiro atoms. The summed E-state index contributed by atoms with van der Waals surface area (Å²) in [7, 11) is 0. The second kappa shape index (κ2) is 13.2. The van der Waals surface area contributed by atoms with E-state index in [4.69, 9.17) is 16.6 Å². The summed E-state index contributed by atoms with van der Waals surface area (Å²) in [5.41, 5.74) is 3.81. The molecule has 0 saturated heterocycles. The van der Waals surface area contributed by atoms with E-state index >= 15 is 0 Å². The molecule has 2 aromatic rings. The van der Waals surface area contributed by atoms with Crippen molar-refractivity contribution in [3.63, 3.8) is 0 Å². The van der Waals surface area contributed by atoms with Crippen molar-refractivity contribution in [2.45, 2.75) is 117 Å². The number of carbonyl (C=O) groups is 1. The highest BCUT2D eigenvalue weighted by Gasteiger charge is 2.62. The number of nitrogens with one attached hydrogen (secondary N) is 1. The zero-order chi connectivity index (χ0) is 32.9. The third-order valence-electron chi connectivity index (χ3n) is 14.1. The third kappa shape index (κ3) is 6.34. The van der Waals surface area contributed by atoms with Crippen LogP contribution in [0.5, 0.6) is 0 Å². The molecule has 4 saturated carbocycles. The fraction of sp³-hybridized carbons (Fsp3) is 0.718. The van der Waals surface area contributed by atoms with E-state index in [-0.39, 0.29) is 28.9 Å². The minimum absolute atomic E-state index is 0.190. The maximum Gasteiger partial charge on any atom is 0.222 e. The van der Waals surface area contributed by atoms with E-state index in [0.717, 1.165) is 67.8 Å². The second-order valence-electron chi connectivity index (χ2n) is 16.5. The van der Waals surface area contributed by atoms with Crippen LogP contribution in [0.3, 0.4) is 0 Å². The van der Waals surface area contributed by atoms with Crippen LogP contribution in [-0.4, -0.2) is 56.3 Å². The quantitative estimate of drug-likeness (QED) is 0.280. The molecule has 0 bridgehead atoms. The summed E-state index contributed by atoms with van der Waals surface area (Å²) in [6, 6.07) is 7.91. The molecule has 1 amide bonds. The predicted octanol–water partition coefficient (Wildman–Crippen LogP) is 7.08. The molecule has 1 aliphatic heterocycles. The van der Waals surface area contributed by atoms with Crippen molar-refractivity contribution in [2.75, 3.05) is 18.4 Å². The van der Waals surface area contributed by atoms with Crippen molar-refractivity contribution >= 4 is 23.5 Å². The highest BCUT2D eigenvalue weighted by molar-refractivity contribution is 6.30. The predicted molar refractivity (Wildman–Crippen MR) is 186 cm³/mol. The standard InChI is InChI=1S/C39H55ClN4O3/c1-24(30-9-10-31-36-32(13-17-39(30,31)3)38(2)16-12-29(45)20-27(38)21-34(36)46)4-11-35(47)44-19-15-33-26(23-44)22-42-37(43-33)41-18-14-25-5-7-28(40)8-6-25/h5-8,22,24,27,29-32,34,36,45-46H,4,9-21,23H2,1-3H3,(H,41,42,43)/t24-,27+,29-,30-,31+,32+,34+,36+,38+,39-/m1/s1. The average Bonchev–Trinajstić information content (AvgIpc) is 3.42. The third-order valence-corrected chi connectivity index (χ3v) is 14.4. The van der Waals surface area contributed by atoms with E-state index < -0.39 is 0 Å². The van der Waals surface area contributed by atoms with Gasteiger partial charge < -0.3 is 20.4 Å². The molecule has 0 radical (unpaired) electrons. The number of aromatic nitrogens is 2. The molecule has 4 aliphatic carbocycles. The number of amides is 1. The van der Waals surface area contributed by atoms with Gasteiger partial charge in [-0.3, -0.25) is 4.79 Å². The van der Waals surface area contributed by atoms with Crippen LogP contribution in [0.25, 0.3) is 0 Å². The van der Waals surface area contributed by atoms with Crippen LogP contribution >= 0.6 is 11.6 Å². The molecule has 8 heteroatoms. The highest BCUT2D eigenvalue weighted by atomic mass is 35.5. The van der Waals surface area contributed by atoms with Crippen LogP contribution in [0.15, 0.2) is 30.5 Å². The summed E-state index contributed by atoms with van der Waals surface area (Å²) in [5.74, 6) is 3.97. The first kappa shape index (κ1) is 33.3. The van der Waals surface area contributed by atoms with Gasteiger partial charge in [0.25, 0.3) is 0 Å². The monoisotopic (exact) mass is 662 g/mol. The fourth-order valence-corrected chi connectivity index (χ4v) is 11.6. The summed E-state index contributed by atoms with van der Waals surface area (Å²) in [5, 5.41) is 26.1.